The minimum Gasteiger partial charge on any atom is -0.325 e. The monoisotopic (exact) mass is 296 g/mol. The number of hydrogen-bond donors (Lipinski definition) is 2. The number of anilines is 1. The van der Waals surface area contributed by atoms with Crippen LogP contribution in [0.4, 0.5) is 5.69 Å². The maximum Gasteiger partial charge on any atom is 0.228 e. The minimum atomic E-state index is 0.0838. The molecule has 1 aromatic carbocycles. The Bertz CT molecular complexity index is 445. The van der Waals surface area contributed by atoms with Crippen molar-refractivity contribution in [1.82, 2.24) is 5.32 Å². The Morgan fingerprint density at radius 3 is 2.88 bits per heavy atom. The fourth-order valence-corrected chi connectivity index (χ4v) is 2.87. The summed E-state index contributed by atoms with van der Waals surface area (Å²) < 4.78 is 1.06. The van der Waals surface area contributed by atoms with E-state index in [-0.39, 0.29) is 5.91 Å². The minimum absolute atomic E-state index is 0.0838. The van der Waals surface area contributed by atoms with Crippen LogP contribution in [0.15, 0.2) is 16.6 Å². The van der Waals surface area contributed by atoms with Crippen molar-refractivity contribution in [2.75, 3.05) is 11.9 Å². The largest absolute Gasteiger partial charge is 0.325 e. The molecule has 1 aromatic rings. The van der Waals surface area contributed by atoms with Gasteiger partial charge in [-0.15, -0.1) is 0 Å². The van der Waals surface area contributed by atoms with Gasteiger partial charge in [-0.1, -0.05) is 35.8 Å². The van der Waals surface area contributed by atoms with Crippen LogP contribution in [-0.4, -0.2) is 12.5 Å². The number of carbonyl (C=O) groups excluding carboxylic acids is 1. The Labute approximate surface area is 110 Å². The highest BCUT2D eigenvalue weighted by Gasteiger charge is 2.21. The molecule has 1 atom stereocenters. The SMILES string of the molecule is CCNC(CC)c1cc2c(cc1Br)NC(=O)C2. The zero-order valence-electron chi connectivity index (χ0n) is 10.1. The van der Waals surface area contributed by atoms with Gasteiger partial charge in [0.1, 0.15) is 0 Å². The van der Waals surface area contributed by atoms with Crippen LogP contribution >= 0.6 is 15.9 Å². The number of nitrogens with one attached hydrogen (secondary N) is 2. The van der Waals surface area contributed by atoms with Crippen molar-refractivity contribution in [2.45, 2.75) is 32.7 Å². The van der Waals surface area contributed by atoms with Crippen molar-refractivity contribution < 1.29 is 4.79 Å². The second-order valence-electron chi connectivity index (χ2n) is 4.27. The Morgan fingerprint density at radius 1 is 1.47 bits per heavy atom. The van der Waals surface area contributed by atoms with Crippen molar-refractivity contribution in [1.29, 1.82) is 0 Å². The number of benzene rings is 1. The van der Waals surface area contributed by atoms with Crippen LogP contribution < -0.4 is 10.6 Å². The van der Waals surface area contributed by atoms with Gasteiger partial charge in [0, 0.05) is 16.2 Å². The zero-order valence-corrected chi connectivity index (χ0v) is 11.7. The highest BCUT2D eigenvalue weighted by molar-refractivity contribution is 9.10. The van der Waals surface area contributed by atoms with Crippen LogP contribution in [0.3, 0.4) is 0 Å². The Hall–Kier alpha value is -0.870. The number of amides is 1. The smallest absolute Gasteiger partial charge is 0.228 e. The molecule has 4 heteroatoms. The average Bonchev–Trinajstić information content (AvgIpc) is 2.64. The van der Waals surface area contributed by atoms with E-state index >= 15 is 0 Å². The Kier molecular flexibility index (Phi) is 3.84. The first kappa shape index (κ1) is 12.6. The van der Waals surface area contributed by atoms with Gasteiger partial charge in [0.25, 0.3) is 0 Å². The third-order valence-corrected chi connectivity index (χ3v) is 3.77. The third-order valence-electron chi connectivity index (χ3n) is 3.08. The molecular weight excluding hydrogens is 280 g/mol. The number of hydrogen-bond acceptors (Lipinski definition) is 2. The number of halogens is 1. The molecule has 3 nitrogen and oxygen atoms in total. The average molecular weight is 297 g/mol. The van der Waals surface area contributed by atoms with E-state index in [1.807, 2.05) is 6.07 Å². The van der Waals surface area contributed by atoms with Gasteiger partial charge in [0.05, 0.1) is 6.42 Å². The van der Waals surface area contributed by atoms with E-state index in [4.69, 9.17) is 0 Å². The van der Waals surface area contributed by atoms with Gasteiger partial charge in [0.15, 0.2) is 0 Å². The molecule has 0 spiro atoms. The van der Waals surface area contributed by atoms with Gasteiger partial charge < -0.3 is 10.6 Å². The summed E-state index contributed by atoms with van der Waals surface area (Å²) in [6, 6.07) is 4.49. The van der Waals surface area contributed by atoms with E-state index in [1.165, 1.54) is 5.56 Å². The number of carbonyl (C=O) groups is 1. The molecule has 1 amide bonds. The van der Waals surface area contributed by atoms with Gasteiger partial charge in [-0.25, -0.2) is 0 Å². The number of rotatable bonds is 4. The molecule has 0 bridgehead atoms. The molecule has 0 saturated carbocycles. The summed E-state index contributed by atoms with van der Waals surface area (Å²) in [4.78, 5) is 11.3. The summed E-state index contributed by atoms with van der Waals surface area (Å²) in [7, 11) is 0. The van der Waals surface area contributed by atoms with Crippen LogP contribution in [0.25, 0.3) is 0 Å². The lowest BCUT2D eigenvalue weighted by Gasteiger charge is -2.19. The molecule has 1 aliphatic rings. The predicted molar refractivity (Wildman–Crippen MR) is 73.2 cm³/mol. The lowest BCUT2D eigenvalue weighted by atomic mass is 10.0. The molecule has 0 aliphatic carbocycles. The van der Waals surface area contributed by atoms with E-state index in [0.717, 1.165) is 28.7 Å². The first-order valence-electron chi connectivity index (χ1n) is 6.01. The highest BCUT2D eigenvalue weighted by Crippen LogP contribution is 2.33. The number of fused-ring (bicyclic) bond motifs is 1. The summed E-state index contributed by atoms with van der Waals surface area (Å²) in [5.74, 6) is 0.0838. The van der Waals surface area contributed by atoms with E-state index in [1.54, 1.807) is 0 Å². The van der Waals surface area contributed by atoms with E-state index in [0.29, 0.717) is 12.5 Å². The highest BCUT2D eigenvalue weighted by atomic mass is 79.9. The molecule has 17 heavy (non-hydrogen) atoms. The van der Waals surface area contributed by atoms with Crippen LogP contribution in [0.2, 0.25) is 0 Å². The topological polar surface area (TPSA) is 41.1 Å². The zero-order chi connectivity index (χ0) is 12.4. The van der Waals surface area contributed by atoms with Crippen LogP contribution in [0.1, 0.15) is 37.4 Å². The van der Waals surface area contributed by atoms with Crippen LogP contribution in [0, 0.1) is 0 Å². The Balaban J connectivity index is 2.35. The summed E-state index contributed by atoms with van der Waals surface area (Å²) in [6.07, 6.45) is 1.53. The molecule has 92 valence electrons. The summed E-state index contributed by atoms with van der Waals surface area (Å²) >= 11 is 3.59. The van der Waals surface area contributed by atoms with Crippen molar-refractivity contribution in [3.8, 4) is 0 Å². The molecule has 2 rings (SSSR count). The third kappa shape index (κ3) is 2.53. The molecule has 0 aromatic heterocycles. The molecule has 0 radical (unpaired) electrons. The fraction of sp³-hybridized carbons (Fsp3) is 0.462. The second-order valence-corrected chi connectivity index (χ2v) is 5.13. The molecule has 0 saturated heterocycles. The summed E-state index contributed by atoms with van der Waals surface area (Å²) in [5.41, 5.74) is 3.28. The van der Waals surface area contributed by atoms with Gasteiger partial charge in [-0.3, -0.25) is 4.79 Å². The van der Waals surface area contributed by atoms with Crippen molar-refractivity contribution >= 4 is 27.5 Å². The first-order chi connectivity index (χ1) is 8.15. The van der Waals surface area contributed by atoms with Gasteiger partial charge in [-0.2, -0.15) is 0 Å². The van der Waals surface area contributed by atoms with Gasteiger partial charge in [0.2, 0.25) is 5.91 Å². The molecule has 0 fully saturated rings. The molecule has 1 unspecified atom stereocenters. The second kappa shape index (κ2) is 5.19. The van der Waals surface area contributed by atoms with Gasteiger partial charge in [-0.05, 0) is 30.2 Å². The standard InChI is InChI=1S/C13H17BrN2O/c1-3-11(15-4-2)9-5-8-6-13(17)16-12(8)7-10(9)14/h5,7,11,15H,3-4,6H2,1-2H3,(H,16,17). The lowest BCUT2D eigenvalue weighted by molar-refractivity contribution is -0.115. The van der Waals surface area contributed by atoms with E-state index in [9.17, 15) is 4.79 Å². The maximum absolute atomic E-state index is 11.3. The molecule has 1 aliphatic heterocycles. The lowest BCUT2D eigenvalue weighted by Crippen LogP contribution is -2.20. The first-order valence-corrected chi connectivity index (χ1v) is 6.80. The molecule has 2 N–H and O–H groups in total. The maximum atomic E-state index is 11.3. The normalized spacial score (nSPS) is 15.6. The Morgan fingerprint density at radius 2 is 2.24 bits per heavy atom. The predicted octanol–water partition coefficient (Wildman–Crippen LogP) is 3.00. The van der Waals surface area contributed by atoms with Crippen molar-refractivity contribution in [2.24, 2.45) is 0 Å². The van der Waals surface area contributed by atoms with Crippen molar-refractivity contribution in [3.63, 3.8) is 0 Å². The molecular formula is C13H17BrN2O. The summed E-state index contributed by atoms with van der Waals surface area (Å²) in [5, 5.41) is 6.32. The van der Waals surface area contributed by atoms with E-state index < -0.39 is 0 Å². The van der Waals surface area contributed by atoms with E-state index in [2.05, 4.69) is 46.5 Å². The quantitative estimate of drug-likeness (QED) is 0.897. The van der Waals surface area contributed by atoms with Gasteiger partial charge >= 0.3 is 0 Å². The van der Waals surface area contributed by atoms with Crippen LogP contribution in [-0.2, 0) is 11.2 Å². The fourth-order valence-electron chi connectivity index (χ4n) is 2.25. The van der Waals surface area contributed by atoms with Crippen molar-refractivity contribution in [3.05, 3.63) is 27.7 Å². The molecule has 1 heterocycles. The summed E-state index contributed by atoms with van der Waals surface area (Å²) in [6.45, 7) is 5.21. The van der Waals surface area contributed by atoms with Crippen LogP contribution in [0.5, 0.6) is 0 Å².